The van der Waals surface area contributed by atoms with Gasteiger partial charge in [-0.3, -0.25) is 4.79 Å². The molecule has 25 heavy (non-hydrogen) atoms. The van der Waals surface area contributed by atoms with E-state index < -0.39 is 0 Å². The lowest BCUT2D eigenvalue weighted by atomic mass is 10.0. The molecule has 0 unspecified atom stereocenters. The van der Waals surface area contributed by atoms with Crippen molar-refractivity contribution in [3.05, 3.63) is 41.5 Å². The third kappa shape index (κ3) is 3.67. The number of nitrogens with zero attached hydrogens (tertiary/aromatic N) is 2. The molecule has 1 amide bonds. The first-order valence-electron chi connectivity index (χ1n) is 9.01. The summed E-state index contributed by atoms with van der Waals surface area (Å²) in [6, 6.07) is 7.16. The van der Waals surface area contributed by atoms with Crippen molar-refractivity contribution < 1.29 is 14.1 Å². The van der Waals surface area contributed by atoms with Crippen LogP contribution >= 0.6 is 0 Å². The van der Waals surface area contributed by atoms with Crippen LogP contribution in [0.25, 0.3) is 0 Å². The summed E-state index contributed by atoms with van der Waals surface area (Å²) in [7, 11) is 0. The number of aryl methyl sites for hydroxylation is 1. The van der Waals surface area contributed by atoms with E-state index in [4.69, 9.17) is 9.26 Å². The Kier molecular flexibility index (Phi) is 4.19. The summed E-state index contributed by atoms with van der Waals surface area (Å²) in [5.41, 5.74) is 1.08. The predicted octanol–water partition coefficient (Wildman–Crippen LogP) is 3.13. The van der Waals surface area contributed by atoms with E-state index in [0.717, 1.165) is 12.5 Å². The highest BCUT2D eigenvalue weighted by Gasteiger charge is 2.53. The van der Waals surface area contributed by atoms with Crippen molar-refractivity contribution in [1.29, 1.82) is 0 Å². The van der Waals surface area contributed by atoms with Gasteiger partial charge in [-0.15, -0.1) is 0 Å². The number of ether oxygens (including phenoxy) is 1. The third-order valence-electron chi connectivity index (χ3n) is 5.23. The van der Waals surface area contributed by atoms with Gasteiger partial charge in [0, 0.05) is 18.5 Å². The SMILES string of the molecule is CCc1nc(COc2ccc(C(=O)NCC3(C4CC4)CC3)cc2)no1. The number of rotatable bonds is 8. The zero-order valence-electron chi connectivity index (χ0n) is 14.5. The van der Waals surface area contributed by atoms with Gasteiger partial charge in [-0.25, -0.2) is 0 Å². The van der Waals surface area contributed by atoms with Crippen LogP contribution in [0.2, 0.25) is 0 Å². The second-order valence-electron chi connectivity index (χ2n) is 7.09. The van der Waals surface area contributed by atoms with Gasteiger partial charge in [0.05, 0.1) is 0 Å². The average molecular weight is 341 g/mol. The van der Waals surface area contributed by atoms with Gasteiger partial charge in [-0.2, -0.15) is 4.98 Å². The minimum atomic E-state index is -0.00997. The van der Waals surface area contributed by atoms with E-state index >= 15 is 0 Å². The highest BCUT2D eigenvalue weighted by molar-refractivity contribution is 5.94. The van der Waals surface area contributed by atoms with Gasteiger partial charge >= 0.3 is 0 Å². The maximum absolute atomic E-state index is 12.3. The summed E-state index contributed by atoms with van der Waals surface area (Å²) >= 11 is 0. The fraction of sp³-hybridized carbons (Fsp3) is 0.526. The highest BCUT2D eigenvalue weighted by Crippen LogP contribution is 2.60. The zero-order chi connectivity index (χ0) is 17.3. The molecule has 0 atom stereocenters. The van der Waals surface area contributed by atoms with Crippen molar-refractivity contribution in [2.75, 3.05) is 6.54 Å². The van der Waals surface area contributed by atoms with E-state index in [1.54, 1.807) is 24.3 Å². The monoisotopic (exact) mass is 341 g/mol. The van der Waals surface area contributed by atoms with E-state index in [2.05, 4.69) is 15.5 Å². The van der Waals surface area contributed by atoms with Gasteiger partial charge in [-0.05, 0) is 61.3 Å². The van der Waals surface area contributed by atoms with Crippen molar-refractivity contribution in [1.82, 2.24) is 15.5 Å². The number of hydrogen-bond acceptors (Lipinski definition) is 5. The molecule has 2 aromatic rings. The van der Waals surface area contributed by atoms with E-state index in [9.17, 15) is 4.79 Å². The van der Waals surface area contributed by atoms with Crippen LogP contribution in [0.3, 0.4) is 0 Å². The number of carbonyl (C=O) groups is 1. The molecule has 1 heterocycles. The minimum absolute atomic E-state index is 0.00997. The molecule has 132 valence electrons. The molecule has 0 spiro atoms. The van der Waals surface area contributed by atoms with Gasteiger partial charge in [0.25, 0.3) is 5.91 Å². The van der Waals surface area contributed by atoms with Crippen LogP contribution in [0.1, 0.15) is 54.7 Å². The van der Waals surface area contributed by atoms with Crippen LogP contribution in [0.15, 0.2) is 28.8 Å². The highest BCUT2D eigenvalue weighted by atomic mass is 16.5. The lowest BCUT2D eigenvalue weighted by molar-refractivity contribution is 0.0942. The van der Waals surface area contributed by atoms with Crippen LogP contribution in [0, 0.1) is 11.3 Å². The Morgan fingerprint density at radius 3 is 2.68 bits per heavy atom. The van der Waals surface area contributed by atoms with Crippen molar-refractivity contribution in [2.45, 2.75) is 45.6 Å². The minimum Gasteiger partial charge on any atom is -0.485 e. The largest absolute Gasteiger partial charge is 0.485 e. The molecule has 0 bridgehead atoms. The number of carbonyl (C=O) groups excluding carboxylic acids is 1. The molecule has 6 heteroatoms. The van der Waals surface area contributed by atoms with E-state index in [-0.39, 0.29) is 12.5 Å². The van der Waals surface area contributed by atoms with Gasteiger partial charge in [0.2, 0.25) is 11.7 Å². The fourth-order valence-electron chi connectivity index (χ4n) is 3.29. The predicted molar refractivity (Wildman–Crippen MR) is 91.2 cm³/mol. The number of benzene rings is 1. The maximum Gasteiger partial charge on any atom is 0.251 e. The van der Waals surface area contributed by atoms with Crippen molar-refractivity contribution >= 4 is 5.91 Å². The molecular weight excluding hydrogens is 318 g/mol. The van der Waals surface area contributed by atoms with Gasteiger partial charge in [0.15, 0.2) is 6.61 Å². The van der Waals surface area contributed by atoms with E-state index in [1.165, 1.54) is 25.7 Å². The normalized spacial score (nSPS) is 18.0. The summed E-state index contributed by atoms with van der Waals surface area (Å²) in [6.07, 6.45) is 5.91. The number of amides is 1. The third-order valence-corrected chi connectivity index (χ3v) is 5.23. The van der Waals surface area contributed by atoms with E-state index in [0.29, 0.717) is 34.9 Å². The number of hydrogen-bond donors (Lipinski definition) is 1. The summed E-state index contributed by atoms with van der Waals surface area (Å²) in [6.45, 7) is 3.02. The van der Waals surface area contributed by atoms with E-state index in [1.807, 2.05) is 6.92 Å². The Balaban J connectivity index is 1.28. The fourth-order valence-corrected chi connectivity index (χ4v) is 3.29. The molecule has 2 aliphatic carbocycles. The standard InChI is InChI=1S/C19H23N3O3/c1-2-17-21-16(22-25-17)11-24-15-7-3-13(4-8-15)18(23)20-12-19(9-10-19)14-5-6-14/h3-4,7-8,14H,2,5-6,9-12H2,1H3,(H,20,23). The number of nitrogens with one attached hydrogen (secondary N) is 1. The van der Waals surface area contributed by atoms with Crippen molar-refractivity contribution in [2.24, 2.45) is 11.3 Å². The van der Waals surface area contributed by atoms with Crippen LogP contribution in [0.5, 0.6) is 5.75 Å². The molecular formula is C19H23N3O3. The van der Waals surface area contributed by atoms with Crippen LogP contribution in [0.4, 0.5) is 0 Å². The zero-order valence-corrected chi connectivity index (χ0v) is 14.5. The maximum atomic E-state index is 12.3. The molecule has 1 aromatic heterocycles. The Hall–Kier alpha value is -2.37. The quantitative estimate of drug-likeness (QED) is 0.798. The molecule has 1 aromatic carbocycles. The first kappa shape index (κ1) is 16.1. The van der Waals surface area contributed by atoms with Crippen LogP contribution < -0.4 is 10.1 Å². The van der Waals surface area contributed by atoms with Gasteiger partial charge in [0.1, 0.15) is 5.75 Å². The molecule has 0 aliphatic heterocycles. The van der Waals surface area contributed by atoms with Crippen molar-refractivity contribution in [3.63, 3.8) is 0 Å². The molecule has 1 N–H and O–H groups in total. The molecule has 6 nitrogen and oxygen atoms in total. The van der Waals surface area contributed by atoms with Gasteiger partial charge in [-0.1, -0.05) is 12.1 Å². The summed E-state index contributed by atoms with van der Waals surface area (Å²) in [4.78, 5) is 16.5. The summed E-state index contributed by atoms with van der Waals surface area (Å²) in [5, 5.41) is 6.94. The molecule has 2 fully saturated rings. The Labute approximate surface area is 147 Å². The molecule has 0 radical (unpaired) electrons. The van der Waals surface area contributed by atoms with Crippen LogP contribution in [-0.4, -0.2) is 22.6 Å². The number of aromatic nitrogens is 2. The summed E-state index contributed by atoms with van der Waals surface area (Å²) < 4.78 is 10.7. The Bertz CT molecular complexity index is 746. The lowest BCUT2D eigenvalue weighted by Gasteiger charge is -2.15. The first-order chi connectivity index (χ1) is 12.2. The Morgan fingerprint density at radius 2 is 2.08 bits per heavy atom. The average Bonchev–Trinajstić information content (AvgIpc) is 3.56. The lowest BCUT2D eigenvalue weighted by Crippen LogP contribution is -2.31. The molecule has 2 aliphatic rings. The van der Waals surface area contributed by atoms with Crippen LogP contribution in [-0.2, 0) is 13.0 Å². The molecule has 0 saturated heterocycles. The Morgan fingerprint density at radius 1 is 1.32 bits per heavy atom. The summed E-state index contributed by atoms with van der Waals surface area (Å²) in [5.74, 6) is 2.64. The van der Waals surface area contributed by atoms with Gasteiger partial charge < -0.3 is 14.6 Å². The molecule has 4 rings (SSSR count). The second-order valence-corrected chi connectivity index (χ2v) is 7.09. The molecule has 2 saturated carbocycles. The second kappa shape index (κ2) is 6.50. The smallest absolute Gasteiger partial charge is 0.251 e. The topological polar surface area (TPSA) is 77.2 Å². The van der Waals surface area contributed by atoms with Crippen molar-refractivity contribution in [3.8, 4) is 5.75 Å². The first-order valence-corrected chi connectivity index (χ1v) is 9.01.